The highest BCUT2D eigenvalue weighted by atomic mass is 32.1. The van der Waals surface area contributed by atoms with Crippen molar-refractivity contribution in [2.24, 2.45) is 0 Å². The van der Waals surface area contributed by atoms with Gasteiger partial charge in [0.05, 0.1) is 16.5 Å². The summed E-state index contributed by atoms with van der Waals surface area (Å²) in [4.78, 5) is 20.9. The molecular formula is C18H13N3O2S. The standard InChI is InChI=1S/C18H13N3O2S/c22-17(18-21-13-4-1-2-6-16(13)24-18)20-11-12-7-8-19-14(10-12)15-5-3-9-23-15/h1-10H,11H2,(H,20,22). The average molecular weight is 335 g/mol. The maximum absolute atomic E-state index is 12.3. The zero-order valence-corrected chi connectivity index (χ0v) is 13.4. The monoisotopic (exact) mass is 335 g/mol. The molecule has 3 heterocycles. The lowest BCUT2D eigenvalue weighted by Gasteiger charge is -2.04. The van der Waals surface area contributed by atoms with Gasteiger partial charge in [0, 0.05) is 12.7 Å². The summed E-state index contributed by atoms with van der Waals surface area (Å²) < 4.78 is 6.35. The molecule has 4 aromatic rings. The van der Waals surface area contributed by atoms with Crippen LogP contribution in [-0.2, 0) is 6.54 Å². The van der Waals surface area contributed by atoms with Crippen molar-refractivity contribution < 1.29 is 9.21 Å². The number of aromatic nitrogens is 2. The van der Waals surface area contributed by atoms with E-state index in [9.17, 15) is 4.79 Å². The predicted octanol–water partition coefficient (Wildman–Crippen LogP) is 3.88. The Kier molecular flexibility index (Phi) is 3.80. The third-order valence-corrected chi connectivity index (χ3v) is 4.57. The van der Waals surface area contributed by atoms with E-state index in [4.69, 9.17) is 4.42 Å². The number of carbonyl (C=O) groups is 1. The van der Waals surface area contributed by atoms with Crippen LogP contribution in [0.2, 0.25) is 0 Å². The molecule has 1 amide bonds. The topological polar surface area (TPSA) is 68.0 Å². The second kappa shape index (κ2) is 6.25. The van der Waals surface area contributed by atoms with E-state index in [1.807, 2.05) is 48.5 Å². The van der Waals surface area contributed by atoms with E-state index in [-0.39, 0.29) is 5.91 Å². The van der Waals surface area contributed by atoms with Crippen molar-refractivity contribution in [1.29, 1.82) is 0 Å². The molecule has 0 unspecified atom stereocenters. The minimum atomic E-state index is -0.174. The molecule has 1 aromatic carbocycles. The van der Waals surface area contributed by atoms with Crippen molar-refractivity contribution in [2.45, 2.75) is 6.54 Å². The molecule has 24 heavy (non-hydrogen) atoms. The van der Waals surface area contributed by atoms with E-state index in [2.05, 4.69) is 15.3 Å². The highest BCUT2D eigenvalue weighted by Crippen LogP contribution is 2.22. The number of furan rings is 1. The Morgan fingerprint density at radius 3 is 2.92 bits per heavy atom. The molecule has 0 aliphatic rings. The molecular weight excluding hydrogens is 322 g/mol. The quantitative estimate of drug-likeness (QED) is 0.614. The summed E-state index contributed by atoms with van der Waals surface area (Å²) in [6.45, 7) is 0.408. The number of thiazole rings is 1. The van der Waals surface area contributed by atoms with E-state index in [1.165, 1.54) is 11.3 Å². The lowest BCUT2D eigenvalue weighted by atomic mass is 10.2. The van der Waals surface area contributed by atoms with Crippen LogP contribution in [0.15, 0.2) is 65.4 Å². The Morgan fingerprint density at radius 1 is 1.17 bits per heavy atom. The lowest BCUT2D eigenvalue weighted by molar-refractivity contribution is 0.0950. The van der Waals surface area contributed by atoms with Gasteiger partial charge in [-0.25, -0.2) is 4.98 Å². The van der Waals surface area contributed by atoms with Crippen molar-refractivity contribution >= 4 is 27.5 Å². The highest BCUT2D eigenvalue weighted by molar-refractivity contribution is 7.20. The van der Waals surface area contributed by atoms with Crippen LogP contribution < -0.4 is 5.32 Å². The smallest absolute Gasteiger partial charge is 0.280 e. The number of hydrogen-bond acceptors (Lipinski definition) is 5. The molecule has 6 heteroatoms. The van der Waals surface area contributed by atoms with Crippen molar-refractivity contribution in [1.82, 2.24) is 15.3 Å². The first-order valence-electron chi connectivity index (χ1n) is 7.42. The number of amides is 1. The maximum Gasteiger partial charge on any atom is 0.280 e. The van der Waals surface area contributed by atoms with Crippen LogP contribution in [0.1, 0.15) is 15.4 Å². The van der Waals surface area contributed by atoms with E-state index in [0.29, 0.717) is 17.3 Å². The Bertz CT molecular complexity index is 959. The number of para-hydroxylation sites is 1. The molecule has 0 bridgehead atoms. The van der Waals surface area contributed by atoms with Gasteiger partial charge < -0.3 is 9.73 Å². The molecule has 1 N–H and O–H groups in total. The molecule has 0 radical (unpaired) electrons. The first-order chi connectivity index (χ1) is 11.8. The summed E-state index contributed by atoms with van der Waals surface area (Å²) in [5, 5.41) is 3.37. The zero-order chi connectivity index (χ0) is 16.4. The number of nitrogens with zero attached hydrogens (tertiary/aromatic N) is 2. The average Bonchev–Trinajstić information content (AvgIpc) is 3.29. The van der Waals surface area contributed by atoms with Gasteiger partial charge in [0.25, 0.3) is 5.91 Å². The predicted molar refractivity (Wildman–Crippen MR) is 92.7 cm³/mol. The van der Waals surface area contributed by atoms with Gasteiger partial charge in [-0.15, -0.1) is 11.3 Å². The zero-order valence-electron chi connectivity index (χ0n) is 12.6. The van der Waals surface area contributed by atoms with E-state index < -0.39 is 0 Å². The van der Waals surface area contributed by atoms with Gasteiger partial charge in [0.2, 0.25) is 0 Å². The van der Waals surface area contributed by atoms with Gasteiger partial charge in [-0.1, -0.05) is 12.1 Å². The molecule has 0 saturated carbocycles. The Balaban J connectivity index is 1.48. The molecule has 0 saturated heterocycles. The summed E-state index contributed by atoms with van der Waals surface area (Å²) in [6, 6.07) is 15.2. The third-order valence-electron chi connectivity index (χ3n) is 3.54. The second-order valence-corrected chi connectivity index (χ2v) is 6.23. The third kappa shape index (κ3) is 2.91. The fourth-order valence-electron chi connectivity index (χ4n) is 2.37. The first-order valence-corrected chi connectivity index (χ1v) is 8.24. The van der Waals surface area contributed by atoms with Crippen LogP contribution in [0.3, 0.4) is 0 Å². The molecule has 0 spiro atoms. The minimum absolute atomic E-state index is 0.174. The van der Waals surface area contributed by atoms with E-state index in [0.717, 1.165) is 21.5 Å². The number of hydrogen-bond donors (Lipinski definition) is 1. The summed E-state index contributed by atoms with van der Waals surface area (Å²) in [6.07, 6.45) is 3.32. The largest absolute Gasteiger partial charge is 0.463 e. The van der Waals surface area contributed by atoms with Crippen LogP contribution in [-0.4, -0.2) is 15.9 Å². The first kappa shape index (κ1) is 14.6. The highest BCUT2D eigenvalue weighted by Gasteiger charge is 2.12. The SMILES string of the molecule is O=C(NCc1ccnc(-c2ccco2)c1)c1nc2ccccc2s1. The molecule has 0 aliphatic carbocycles. The number of rotatable bonds is 4. The molecule has 0 fully saturated rings. The van der Waals surface area contributed by atoms with Gasteiger partial charge >= 0.3 is 0 Å². The molecule has 0 atom stereocenters. The number of pyridine rings is 1. The van der Waals surface area contributed by atoms with E-state index in [1.54, 1.807) is 12.5 Å². The Morgan fingerprint density at radius 2 is 2.08 bits per heavy atom. The normalized spacial score (nSPS) is 10.8. The van der Waals surface area contributed by atoms with Crippen LogP contribution >= 0.6 is 11.3 Å². The van der Waals surface area contributed by atoms with E-state index >= 15 is 0 Å². The van der Waals surface area contributed by atoms with Gasteiger partial charge in [-0.3, -0.25) is 9.78 Å². The fourth-order valence-corrected chi connectivity index (χ4v) is 3.25. The minimum Gasteiger partial charge on any atom is -0.463 e. The van der Waals surface area contributed by atoms with Crippen LogP contribution in [0.5, 0.6) is 0 Å². The second-order valence-electron chi connectivity index (χ2n) is 5.20. The number of carbonyl (C=O) groups excluding carboxylic acids is 1. The van der Waals surface area contributed by atoms with Gasteiger partial charge in [-0.05, 0) is 42.0 Å². The molecule has 0 aliphatic heterocycles. The summed E-state index contributed by atoms with van der Waals surface area (Å²) in [7, 11) is 0. The Labute approximate surface area is 142 Å². The van der Waals surface area contributed by atoms with Crippen LogP contribution in [0, 0.1) is 0 Å². The molecule has 4 rings (SSSR count). The van der Waals surface area contributed by atoms with Crippen molar-refractivity contribution in [3.05, 3.63) is 71.6 Å². The molecule has 118 valence electrons. The van der Waals surface area contributed by atoms with Gasteiger partial charge in [-0.2, -0.15) is 0 Å². The number of benzene rings is 1. The fraction of sp³-hybridized carbons (Fsp3) is 0.0556. The summed E-state index contributed by atoms with van der Waals surface area (Å²) in [5.74, 6) is 0.530. The summed E-state index contributed by atoms with van der Waals surface area (Å²) >= 11 is 1.39. The maximum atomic E-state index is 12.3. The Hall–Kier alpha value is -2.99. The number of fused-ring (bicyclic) bond motifs is 1. The lowest BCUT2D eigenvalue weighted by Crippen LogP contribution is -2.22. The van der Waals surface area contributed by atoms with Crippen molar-refractivity contribution in [2.75, 3.05) is 0 Å². The summed E-state index contributed by atoms with van der Waals surface area (Å²) in [5.41, 5.74) is 2.54. The van der Waals surface area contributed by atoms with Crippen molar-refractivity contribution in [3.63, 3.8) is 0 Å². The number of nitrogens with one attached hydrogen (secondary N) is 1. The molecule has 5 nitrogen and oxygen atoms in total. The van der Waals surface area contributed by atoms with Gasteiger partial charge in [0.15, 0.2) is 10.8 Å². The van der Waals surface area contributed by atoms with Gasteiger partial charge in [0.1, 0.15) is 5.69 Å². The van der Waals surface area contributed by atoms with Crippen LogP contribution in [0.4, 0.5) is 0 Å². The van der Waals surface area contributed by atoms with Crippen LogP contribution in [0.25, 0.3) is 21.7 Å². The van der Waals surface area contributed by atoms with Crippen molar-refractivity contribution in [3.8, 4) is 11.5 Å². The molecule has 3 aromatic heterocycles.